The topological polar surface area (TPSA) is 86.7 Å². The first kappa shape index (κ1) is 22.8. The van der Waals surface area contributed by atoms with Crippen molar-refractivity contribution in [3.63, 3.8) is 0 Å². The summed E-state index contributed by atoms with van der Waals surface area (Å²) < 4.78 is 1.32. The van der Waals surface area contributed by atoms with Crippen LogP contribution in [0, 0.1) is 5.92 Å². The summed E-state index contributed by atoms with van der Waals surface area (Å²) in [6.07, 6.45) is 6.58. The Labute approximate surface area is 214 Å². The molecule has 3 aromatic heterocycles. The normalized spacial score (nSPS) is 20.7. The first-order chi connectivity index (χ1) is 16.9. The molecule has 1 saturated carbocycles. The Bertz CT molecular complexity index is 1340. The molecule has 8 nitrogen and oxygen atoms in total. The molecule has 0 spiro atoms. The van der Waals surface area contributed by atoms with Crippen LogP contribution in [0.25, 0.3) is 22.2 Å². The number of nitrogens with zero attached hydrogens (tertiary/aromatic N) is 5. The van der Waals surface area contributed by atoms with Gasteiger partial charge in [-0.2, -0.15) is 5.10 Å². The fourth-order valence-electron chi connectivity index (χ4n) is 4.73. The van der Waals surface area contributed by atoms with Gasteiger partial charge in [-0.3, -0.25) is 9.58 Å². The van der Waals surface area contributed by atoms with E-state index < -0.39 is 4.33 Å². The van der Waals surface area contributed by atoms with E-state index in [1.165, 1.54) is 5.56 Å². The lowest BCUT2D eigenvalue weighted by atomic mass is 10.1. The number of hydrogen-bond acceptors (Lipinski definition) is 6. The largest absolute Gasteiger partial charge is 0.324 e. The van der Waals surface area contributed by atoms with Gasteiger partial charge in [-0.25, -0.2) is 9.97 Å². The average molecular weight is 511 g/mol. The molecule has 4 heterocycles. The third-order valence-corrected chi connectivity index (χ3v) is 7.95. The van der Waals surface area contributed by atoms with Crippen molar-refractivity contribution < 1.29 is 0 Å². The number of halogens is 2. The van der Waals surface area contributed by atoms with Crippen molar-refractivity contribution in [2.75, 3.05) is 31.5 Å². The lowest BCUT2D eigenvalue weighted by Crippen LogP contribution is -2.44. The zero-order valence-corrected chi connectivity index (χ0v) is 21.0. The van der Waals surface area contributed by atoms with E-state index in [-0.39, 0.29) is 5.92 Å². The van der Waals surface area contributed by atoms with Crippen molar-refractivity contribution in [1.29, 1.82) is 0 Å². The smallest absolute Gasteiger partial charge is 0.206 e. The molecule has 10 heteroatoms. The number of aromatic amines is 1. The minimum atomic E-state index is -0.595. The number of anilines is 2. The van der Waals surface area contributed by atoms with Gasteiger partial charge in [0.1, 0.15) is 10.2 Å². The summed E-state index contributed by atoms with van der Waals surface area (Å²) in [7, 11) is 0. The van der Waals surface area contributed by atoms with Gasteiger partial charge in [0.2, 0.25) is 5.95 Å². The maximum atomic E-state index is 6.16. The lowest BCUT2D eigenvalue weighted by molar-refractivity contribution is 0.185. The summed E-state index contributed by atoms with van der Waals surface area (Å²) in [6, 6.07) is 10.7. The molecule has 1 saturated heterocycles. The molecule has 0 bridgehead atoms. The number of benzene rings is 1. The number of rotatable bonds is 7. The second-order valence-electron chi connectivity index (χ2n) is 9.49. The van der Waals surface area contributed by atoms with Gasteiger partial charge in [0.15, 0.2) is 0 Å². The van der Waals surface area contributed by atoms with Gasteiger partial charge >= 0.3 is 0 Å². The predicted molar refractivity (Wildman–Crippen MR) is 140 cm³/mol. The second-order valence-corrected chi connectivity index (χ2v) is 11.0. The van der Waals surface area contributed by atoms with Crippen LogP contribution in [-0.2, 0) is 6.54 Å². The Balaban J connectivity index is 1.17. The number of aromatic nitrogens is 5. The van der Waals surface area contributed by atoms with Gasteiger partial charge in [0.25, 0.3) is 0 Å². The minimum absolute atomic E-state index is 0.259. The number of H-pyrrole nitrogens is 1. The SMILES string of the molecule is CC(c1ccnc(Nc2nc3ccc(-c4cnn(CC5CC5(Cl)Cl)c4)cc3[nH]2)c1)N1CCNCC1. The van der Waals surface area contributed by atoms with E-state index in [2.05, 4.69) is 61.8 Å². The molecule has 0 amide bonds. The van der Waals surface area contributed by atoms with Gasteiger partial charge in [-0.1, -0.05) is 6.07 Å². The summed E-state index contributed by atoms with van der Waals surface area (Å²) in [5.41, 5.74) is 5.20. The zero-order valence-electron chi connectivity index (χ0n) is 19.5. The molecular formula is C25H28Cl2N8. The van der Waals surface area contributed by atoms with E-state index >= 15 is 0 Å². The second kappa shape index (κ2) is 9.09. The minimum Gasteiger partial charge on any atom is -0.324 e. The molecule has 2 aliphatic rings. The summed E-state index contributed by atoms with van der Waals surface area (Å²) in [6.45, 7) is 7.15. The van der Waals surface area contributed by atoms with E-state index in [1.807, 2.05) is 29.3 Å². The van der Waals surface area contributed by atoms with Crippen molar-refractivity contribution in [1.82, 2.24) is 34.9 Å². The molecular weight excluding hydrogens is 483 g/mol. The molecule has 4 aromatic rings. The van der Waals surface area contributed by atoms with Gasteiger partial charge < -0.3 is 15.6 Å². The maximum absolute atomic E-state index is 6.16. The third kappa shape index (κ3) is 4.89. The quantitative estimate of drug-likeness (QED) is 0.311. The maximum Gasteiger partial charge on any atom is 0.206 e. The van der Waals surface area contributed by atoms with Crippen LogP contribution in [0.3, 0.4) is 0 Å². The number of alkyl halides is 2. The number of fused-ring (bicyclic) bond motifs is 1. The number of hydrogen-bond donors (Lipinski definition) is 3. The number of piperazine rings is 1. The first-order valence-corrected chi connectivity index (χ1v) is 12.8. The van der Waals surface area contributed by atoms with Crippen LogP contribution in [0.5, 0.6) is 0 Å². The molecule has 2 atom stereocenters. The number of pyridine rings is 1. The Kier molecular flexibility index (Phi) is 5.92. The highest BCUT2D eigenvalue weighted by Gasteiger charge is 2.51. The molecule has 1 aromatic carbocycles. The Morgan fingerprint density at radius 3 is 2.80 bits per heavy atom. The Morgan fingerprint density at radius 2 is 2.00 bits per heavy atom. The van der Waals surface area contributed by atoms with Crippen molar-refractivity contribution in [2.45, 2.75) is 30.3 Å². The summed E-state index contributed by atoms with van der Waals surface area (Å²) in [4.78, 5) is 15.1. The zero-order chi connectivity index (χ0) is 24.0. The van der Waals surface area contributed by atoms with Crippen molar-refractivity contribution in [3.8, 4) is 11.1 Å². The standard InChI is InChI=1S/C25H28Cl2N8/c1-16(34-8-6-28-7-9-34)17-4-5-29-23(11-17)33-24-31-21-3-2-18(10-22(21)32-24)19-13-30-35(14-19)15-20-12-25(20,26)27/h2-5,10-11,13-14,16,20,28H,6-9,12,15H2,1H3,(H2,29,31,32,33). The van der Waals surface area contributed by atoms with E-state index in [0.29, 0.717) is 12.0 Å². The van der Waals surface area contributed by atoms with Gasteiger partial charge in [0, 0.05) is 62.6 Å². The van der Waals surface area contributed by atoms with Crippen molar-refractivity contribution >= 4 is 46.0 Å². The monoisotopic (exact) mass is 510 g/mol. The molecule has 35 heavy (non-hydrogen) atoms. The molecule has 2 unspecified atom stereocenters. The molecule has 1 aliphatic heterocycles. The third-order valence-electron chi connectivity index (χ3n) is 7.02. The average Bonchev–Trinajstić information content (AvgIpc) is 3.21. The lowest BCUT2D eigenvalue weighted by Gasteiger charge is -2.33. The van der Waals surface area contributed by atoms with Gasteiger partial charge in [-0.05, 0) is 48.7 Å². The van der Waals surface area contributed by atoms with Crippen LogP contribution in [-0.4, -0.2) is 60.1 Å². The Morgan fingerprint density at radius 1 is 1.17 bits per heavy atom. The highest BCUT2D eigenvalue weighted by Crippen LogP contribution is 2.53. The molecule has 182 valence electrons. The fourth-order valence-corrected chi connectivity index (χ4v) is 5.24. The van der Waals surface area contributed by atoms with E-state index in [4.69, 9.17) is 28.2 Å². The van der Waals surface area contributed by atoms with Crippen LogP contribution in [0.1, 0.15) is 24.9 Å². The van der Waals surface area contributed by atoms with E-state index in [1.54, 1.807) is 0 Å². The fraction of sp³-hybridized carbons (Fsp3) is 0.400. The van der Waals surface area contributed by atoms with Crippen molar-refractivity contribution in [3.05, 3.63) is 54.5 Å². The highest BCUT2D eigenvalue weighted by atomic mass is 35.5. The van der Waals surface area contributed by atoms with E-state index in [9.17, 15) is 0 Å². The van der Waals surface area contributed by atoms with E-state index in [0.717, 1.165) is 67.1 Å². The van der Waals surface area contributed by atoms with Gasteiger partial charge in [0.05, 0.1) is 17.2 Å². The number of nitrogens with one attached hydrogen (secondary N) is 3. The number of imidazole rings is 1. The Hall–Kier alpha value is -2.65. The van der Waals surface area contributed by atoms with Gasteiger partial charge in [-0.15, -0.1) is 23.2 Å². The van der Waals surface area contributed by atoms with Crippen LogP contribution < -0.4 is 10.6 Å². The van der Waals surface area contributed by atoms with Crippen LogP contribution >= 0.6 is 23.2 Å². The van der Waals surface area contributed by atoms with Crippen LogP contribution in [0.15, 0.2) is 48.9 Å². The molecule has 2 fully saturated rings. The predicted octanol–water partition coefficient (Wildman–Crippen LogP) is 4.73. The molecule has 3 N–H and O–H groups in total. The van der Waals surface area contributed by atoms with Crippen molar-refractivity contribution in [2.24, 2.45) is 5.92 Å². The van der Waals surface area contributed by atoms with Crippen LogP contribution in [0.2, 0.25) is 0 Å². The molecule has 0 radical (unpaired) electrons. The molecule has 1 aliphatic carbocycles. The molecule has 6 rings (SSSR count). The van der Waals surface area contributed by atoms with Crippen LogP contribution in [0.4, 0.5) is 11.8 Å². The summed E-state index contributed by atoms with van der Waals surface area (Å²) >= 11 is 12.3. The first-order valence-electron chi connectivity index (χ1n) is 12.0. The summed E-state index contributed by atoms with van der Waals surface area (Å²) in [5, 5.41) is 11.2. The highest BCUT2D eigenvalue weighted by molar-refractivity contribution is 6.50. The summed E-state index contributed by atoms with van der Waals surface area (Å²) in [5.74, 6) is 1.70.